The van der Waals surface area contributed by atoms with Crippen LogP contribution >= 0.6 is 34.2 Å². The maximum Gasteiger partial charge on any atom is 0.0169 e. The van der Waals surface area contributed by atoms with Crippen LogP contribution in [-0.4, -0.2) is 13.1 Å². The lowest BCUT2D eigenvalue weighted by molar-refractivity contribution is 0.949. The first kappa shape index (κ1) is 10.4. The van der Waals surface area contributed by atoms with Gasteiger partial charge < -0.3 is 5.73 Å². The fourth-order valence-corrected chi connectivity index (χ4v) is 2.31. The summed E-state index contributed by atoms with van der Waals surface area (Å²) in [5, 5.41) is 0. The Labute approximate surface area is 91.0 Å². The molecule has 1 aromatic rings. The summed E-state index contributed by atoms with van der Waals surface area (Å²) in [6.45, 7) is 1.80. The van der Waals surface area contributed by atoms with Crippen LogP contribution < -0.4 is 9.26 Å². The van der Waals surface area contributed by atoms with Gasteiger partial charge in [-0.2, -0.15) is 0 Å². The van der Waals surface area contributed by atoms with Crippen LogP contribution in [0.25, 0.3) is 0 Å². The summed E-state index contributed by atoms with van der Waals surface area (Å²) in [6.07, 6.45) is 2.14. The molecule has 0 aromatic carbocycles. The van der Waals surface area contributed by atoms with Gasteiger partial charge in [0.15, 0.2) is 0 Å². The van der Waals surface area contributed by atoms with Crippen LogP contribution in [0.4, 0.5) is 0 Å². The first-order valence-corrected chi connectivity index (χ1v) is 5.87. The monoisotopic (exact) mass is 296 g/mol. The molecule has 0 unspecified atom stereocenters. The maximum absolute atomic E-state index is 5.46. The fraction of sp³-hybridized carbons (Fsp3) is 0.500. The zero-order valence-corrected chi connectivity index (χ0v) is 9.82. The van der Waals surface area contributed by atoms with Crippen molar-refractivity contribution in [2.45, 2.75) is 12.8 Å². The standard InChI is InChI=1S/C8H13IN2S/c9-11-6-4-8-2-1-7(12-8)3-5-10/h1-2,11H,3-6,10H2. The normalized spacial score (nSPS) is 10.5. The van der Waals surface area contributed by atoms with Crippen molar-refractivity contribution in [1.82, 2.24) is 3.53 Å². The molecule has 68 valence electrons. The van der Waals surface area contributed by atoms with Crippen molar-refractivity contribution in [3.63, 3.8) is 0 Å². The van der Waals surface area contributed by atoms with Gasteiger partial charge >= 0.3 is 0 Å². The molecular weight excluding hydrogens is 283 g/mol. The molecule has 0 saturated heterocycles. The summed E-state index contributed by atoms with van der Waals surface area (Å²) in [7, 11) is 0. The van der Waals surface area contributed by atoms with E-state index in [1.807, 2.05) is 11.3 Å². The molecule has 0 bridgehead atoms. The summed E-state index contributed by atoms with van der Waals surface area (Å²) in [4.78, 5) is 2.85. The second kappa shape index (κ2) is 5.90. The first-order valence-electron chi connectivity index (χ1n) is 3.98. The lowest BCUT2D eigenvalue weighted by Crippen LogP contribution is -2.02. The van der Waals surface area contributed by atoms with E-state index in [1.54, 1.807) is 0 Å². The number of hydrogen-bond acceptors (Lipinski definition) is 3. The zero-order chi connectivity index (χ0) is 8.81. The van der Waals surface area contributed by atoms with Crippen LogP contribution in [0, 0.1) is 0 Å². The van der Waals surface area contributed by atoms with Crippen molar-refractivity contribution in [2.24, 2.45) is 5.73 Å². The Kier molecular flexibility index (Phi) is 5.13. The summed E-state index contributed by atoms with van der Waals surface area (Å²) < 4.78 is 3.11. The Morgan fingerprint density at radius 1 is 1.33 bits per heavy atom. The van der Waals surface area contributed by atoms with Gasteiger partial charge in [-0.1, -0.05) is 0 Å². The zero-order valence-electron chi connectivity index (χ0n) is 6.85. The molecule has 4 heteroatoms. The van der Waals surface area contributed by atoms with Crippen molar-refractivity contribution in [1.29, 1.82) is 0 Å². The highest BCUT2D eigenvalue weighted by atomic mass is 127. The second-order valence-corrected chi connectivity index (χ2v) is 4.56. The molecule has 0 atom stereocenters. The van der Waals surface area contributed by atoms with Gasteiger partial charge in [-0.05, 0) is 31.5 Å². The van der Waals surface area contributed by atoms with Crippen molar-refractivity contribution in [3.05, 3.63) is 21.9 Å². The van der Waals surface area contributed by atoms with Gasteiger partial charge in [0.1, 0.15) is 0 Å². The predicted octanol–water partition coefficient (Wildman–Crippen LogP) is 1.73. The first-order chi connectivity index (χ1) is 5.86. The molecule has 0 aliphatic carbocycles. The lowest BCUT2D eigenvalue weighted by Gasteiger charge is -1.93. The van der Waals surface area contributed by atoms with Gasteiger partial charge in [0.25, 0.3) is 0 Å². The van der Waals surface area contributed by atoms with E-state index in [9.17, 15) is 0 Å². The van der Waals surface area contributed by atoms with Crippen LogP contribution in [0.15, 0.2) is 12.1 Å². The van der Waals surface area contributed by atoms with E-state index < -0.39 is 0 Å². The van der Waals surface area contributed by atoms with Gasteiger partial charge in [-0.25, -0.2) is 0 Å². The van der Waals surface area contributed by atoms with Crippen LogP contribution in [-0.2, 0) is 12.8 Å². The molecule has 1 aromatic heterocycles. The van der Waals surface area contributed by atoms with Crippen LogP contribution in [0.3, 0.4) is 0 Å². The molecule has 1 heterocycles. The van der Waals surface area contributed by atoms with Crippen molar-refractivity contribution in [3.8, 4) is 0 Å². The molecule has 0 aliphatic rings. The number of nitrogens with one attached hydrogen (secondary N) is 1. The van der Waals surface area contributed by atoms with E-state index >= 15 is 0 Å². The minimum Gasteiger partial charge on any atom is -0.330 e. The largest absolute Gasteiger partial charge is 0.330 e. The van der Waals surface area contributed by atoms with Gasteiger partial charge in [0.2, 0.25) is 0 Å². The highest BCUT2D eigenvalue weighted by Crippen LogP contribution is 2.16. The molecule has 0 amide bonds. The summed E-state index contributed by atoms with van der Waals surface area (Å²) >= 11 is 4.05. The molecule has 2 nitrogen and oxygen atoms in total. The van der Waals surface area contributed by atoms with Crippen molar-refractivity contribution in [2.75, 3.05) is 13.1 Å². The van der Waals surface area contributed by atoms with E-state index in [1.165, 1.54) is 9.75 Å². The number of thiophene rings is 1. The Morgan fingerprint density at radius 2 is 2.00 bits per heavy atom. The molecule has 12 heavy (non-hydrogen) atoms. The third-order valence-corrected chi connectivity index (χ3v) is 3.32. The Bertz CT molecular complexity index is 225. The highest BCUT2D eigenvalue weighted by molar-refractivity contribution is 14.1. The van der Waals surface area contributed by atoms with Gasteiger partial charge in [0.05, 0.1) is 0 Å². The molecule has 0 saturated carbocycles. The molecule has 0 fully saturated rings. The molecular formula is C8H13IN2S. The van der Waals surface area contributed by atoms with E-state index in [0.717, 1.165) is 25.9 Å². The minimum absolute atomic E-state index is 0.754. The summed E-state index contributed by atoms with van der Waals surface area (Å²) in [5.74, 6) is 0. The second-order valence-electron chi connectivity index (χ2n) is 2.54. The Hall–Kier alpha value is 0.350. The summed E-state index contributed by atoms with van der Waals surface area (Å²) in [5.41, 5.74) is 5.46. The highest BCUT2D eigenvalue weighted by Gasteiger charge is 1.98. The van der Waals surface area contributed by atoms with E-state index in [4.69, 9.17) is 5.73 Å². The Morgan fingerprint density at radius 3 is 2.58 bits per heavy atom. The fourth-order valence-electron chi connectivity index (χ4n) is 1.00. The van der Waals surface area contributed by atoms with Gasteiger partial charge in [-0.3, -0.25) is 3.53 Å². The van der Waals surface area contributed by atoms with Gasteiger partial charge in [-0.15, -0.1) is 11.3 Å². The average Bonchev–Trinajstić information content (AvgIpc) is 2.50. The van der Waals surface area contributed by atoms with Crippen molar-refractivity contribution >= 4 is 34.2 Å². The molecule has 0 spiro atoms. The number of hydrogen-bond donors (Lipinski definition) is 2. The number of rotatable bonds is 5. The van der Waals surface area contributed by atoms with Gasteiger partial charge in [0, 0.05) is 39.2 Å². The van der Waals surface area contributed by atoms with Crippen LogP contribution in [0.1, 0.15) is 9.75 Å². The van der Waals surface area contributed by atoms with Crippen LogP contribution in [0.5, 0.6) is 0 Å². The van der Waals surface area contributed by atoms with E-state index in [-0.39, 0.29) is 0 Å². The SMILES string of the molecule is NCCc1ccc(CCNI)s1. The average molecular weight is 296 g/mol. The third kappa shape index (κ3) is 3.38. The summed E-state index contributed by atoms with van der Waals surface area (Å²) in [6, 6.07) is 4.38. The molecule has 1 rings (SSSR count). The quantitative estimate of drug-likeness (QED) is 0.641. The maximum atomic E-state index is 5.46. The predicted molar refractivity (Wildman–Crippen MR) is 62.8 cm³/mol. The molecule has 0 aliphatic heterocycles. The number of nitrogens with two attached hydrogens (primary N) is 1. The number of halogens is 1. The topological polar surface area (TPSA) is 38.0 Å². The molecule has 0 radical (unpaired) electrons. The third-order valence-electron chi connectivity index (χ3n) is 1.57. The lowest BCUT2D eigenvalue weighted by atomic mass is 10.3. The Balaban J connectivity index is 2.41. The molecule has 3 N–H and O–H groups in total. The minimum atomic E-state index is 0.754. The van der Waals surface area contributed by atoms with Crippen molar-refractivity contribution < 1.29 is 0 Å². The van der Waals surface area contributed by atoms with Crippen LogP contribution in [0.2, 0.25) is 0 Å². The smallest absolute Gasteiger partial charge is 0.0169 e. The van der Waals surface area contributed by atoms with E-state index in [2.05, 4.69) is 38.5 Å². The van der Waals surface area contributed by atoms with E-state index in [0.29, 0.717) is 0 Å².